The minimum absolute atomic E-state index is 0.223. The van der Waals surface area contributed by atoms with E-state index < -0.39 is 5.60 Å². The van der Waals surface area contributed by atoms with Crippen LogP contribution < -0.4 is 5.32 Å². The zero-order chi connectivity index (χ0) is 18.2. The van der Waals surface area contributed by atoms with Crippen molar-refractivity contribution in [2.45, 2.75) is 45.3 Å². The lowest BCUT2D eigenvalue weighted by molar-refractivity contribution is 0.0210. The van der Waals surface area contributed by atoms with Gasteiger partial charge >= 0.3 is 6.09 Å². The van der Waals surface area contributed by atoms with Crippen LogP contribution in [-0.4, -0.2) is 45.5 Å². The number of ether oxygens (including phenoxy) is 1. The highest BCUT2D eigenvalue weighted by atomic mass is 79.9. The number of aromatic nitrogens is 2. The van der Waals surface area contributed by atoms with Gasteiger partial charge in [-0.15, -0.1) is 0 Å². The number of fused-ring (bicyclic) bond motifs is 1. The lowest BCUT2D eigenvalue weighted by Gasteiger charge is -2.33. The van der Waals surface area contributed by atoms with E-state index in [1.165, 1.54) is 0 Å². The van der Waals surface area contributed by atoms with Crippen LogP contribution in [0.15, 0.2) is 22.7 Å². The van der Waals surface area contributed by atoms with Crippen molar-refractivity contribution in [1.82, 2.24) is 14.7 Å². The number of aryl methyl sites for hydroxylation is 1. The smallest absolute Gasteiger partial charge is 0.410 e. The van der Waals surface area contributed by atoms with Gasteiger partial charge in [0.25, 0.3) is 0 Å². The van der Waals surface area contributed by atoms with Crippen molar-refractivity contribution in [1.29, 1.82) is 0 Å². The maximum absolute atomic E-state index is 12.2. The number of piperidine rings is 1. The van der Waals surface area contributed by atoms with Crippen molar-refractivity contribution in [3.05, 3.63) is 22.7 Å². The first-order valence-electron chi connectivity index (χ1n) is 8.60. The molecule has 1 fully saturated rings. The standard InChI is InChI=1S/C18H25BrN4O2/c1-18(2,3)25-17(24)23-9-7-13(8-10-23)20-16-14-6-5-12(19)11-15(14)22(4)21-16/h5-6,11,13H,7-10H2,1-4H3,(H,20,21). The molecule has 0 unspecified atom stereocenters. The highest BCUT2D eigenvalue weighted by Crippen LogP contribution is 2.27. The summed E-state index contributed by atoms with van der Waals surface area (Å²) in [4.78, 5) is 13.9. The fourth-order valence-electron chi connectivity index (χ4n) is 3.06. The summed E-state index contributed by atoms with van der Waals surface area (Å²) in [6.45, 7) is 7.07. The van der Waals surface area contributed by atoms with Gasteiger partial charge < -0.3 is 15.0 Å². The SMILES string of the molecule is Cn1nc(NC2CCN(C(=O)OC(C)(C)C)CC2)c2ccc(Br)cc21. The van der Waals surface area contributed by atoms with Crippen molar-refractivity contribution in [2.24, 2.45) is 7.05 Å². The molecule has 2 aromatic rings. The van der Waals surface area contributed by atoms with E-state index in [1.807, 2.05) is 38.6 Å². The van der Waals surface area contributed by atoms with E-state index in [9.17, 15) is 4.79 Å². The Hall–Kier alpha value is -1.76. The van der Waals surface area contributed by atoms with Gasteiger partial charge in [0, 0.05) is 36.0 Å². The number of hydrogen-bond donors (Lipinski definition) is 1. The molecule has 0 bridgehead atoms. The van der Waals surface area contributed by atoms with Gasteiger partial charge in [0.1, 0.15) is 5.60 Å². The van der Waals surface area contributed by atoms with Crippen LogP contribution in [0.1, 0.15) is 33.6 Å². The molecule has 1 aromatic carbocycles. The molecule has 1 saturated heterocycles. The highest BCUT2D eigenvalue weighted by molar-refractivity contribution is 9.10. The third-order valence-electron chi connectivity index (χ3n) is 4.30. The number of halogens is 1. The van der Waals surface area contributed by atoms with Crippen molar-refractivity contribution < 1.29 is 9.53 Å². The molecule has 7 heteroatoms. The topological polar surface area (TPSA) is 59.4 Å². The summed E-state index contributed by atoms with van der Waals surface area (Å²) in [6.07, 6.45) is 1.54. The Morgan fingerprint density at radius 1 is 1.32 bits per heavy atom. The molecule has 1 N–H and O–H groups in total. The van der Waals surface area contributed by atoms with E-state index in [0.717, 1.165) is 34.0 Å². The molecule has 1 aliphatic rings. The Bertz CT molecular complexity index is 773. The molecule has 0 saturated carbocycles. The van der Waals surface area contributed by atoms with E-state index in [-0.39, 0.29) is 6.09 Å². The summed E-state index contributed by atoms with van der Waals surface area (Å²) in [7, 11) is 1.95. The summed E-state index contributed by atoms with van der Waals surface area (Å²) in [5.74, 6) is 0.903. The summed E-state index contributed by atoms with van der Waals surface area (Å²) < 4.78 is 8.38. The van der Waals surface area contributed by atoms with Gasteiger partial charge in [0.15, 0.2) is 5.82 Å². The normalized spacial score (nSPS) is 16.3. The maximum atomic E-state index is 12.2. The molecule has 136 valence electrons. The van der Waals surface area contributed by atoms with Crippen LogP contribution in [0.5, 0.6) is 0 Å². The maximum Gasteiger partial charge on any atom is 0.410 e. The average Bonchev–Trinajstić information content (AvgIpc) is 2.82. The Kier molecular flexibility index (Phi) is 4.95. The predicted octanol–water partition coefficient (Wildman–Crippen LogP) is 4.15. The number of carbonyl (C=O) groups is 1. The first kappa shape index (κ1) is 18.0. The van der Waals surface area contributed by atoms with E-state index >= 15 is 0 Å². The summed E-state index contributed by atoms with van der Waals surface area (Å²) in [6, 6.07) is 6.48. The second kappa shape index (κ2) is 6.86. The number of amides is 1. The number of nitrogens with one attached hydrogen (secondary N) is 1. The number of nitrogens with zero attached hydrogens (tertiary/aromatic N) is 3. The van der Waals surface area contributed by atoms with Gasteiger partial charge in [-0.1, -0.05) is 15.9 Å². The van der Waals surface area contributed by atoms with Gasteiger partial charge in [0.2, 0.25) is 0 Å². The molecular formula is C18H25BrN4O2. The Labute approximate surface area is 156 Å². The van der Waals surface area contributed by atoms with Crippen LogP contribution in [0.3, 0.4) is 0 Å². The molecule has 1 aliphatic heterocycles. The largest absolute Gasteiger partial charge is 0.444 e. The minimum atomic E-state index is -0.451. The van der Waals surface area contributed by atoms with Gasteiger partial charge in [-0.2, -0.15) is 5.10 Å². The lowest BCUT2D eigenvalue weighted by atomic mass is 10.1. The third kappa shape index (κ3) is 4.26. The molecule has 1 amide bonds. The molecule has 1 aromatic heterocycles. The number of carbonyl (C=O) groups excluding carboxylic acids is 1. The lowest BCUT2D eigenvalue weighted by Crippen LogP contribution is -2.44. The fraction of sp³-hybridized carbons (Fsp3) is 0.556. The monoisotopic (exact) mass is 408 g/mol. The van der Waals surface area contributed by atoms with Crippen LogP contribution >= 0.6 is 15.9 Å². The molecular weight excluding hydrogens is 384 g/mol. The molecule has 0 atom stereocenters. The van der Waals surface area contributed by atoms with Gasteiger partial charge in [-0.25, -0.2) is 4.79 Å². The van der Waals surface area contributed by atoms with E-state index in [1.54, 1.807) is 4.90 Å². The van der Waals surface area contributed by atoms with Gasteiger partial charge in [0.05, 0.1) is 5.52 Å². The molecule has 25 heavy (non-hydrogen) atoms. The molecule has 0 aliphatic carbocycles. The number of anilines is 1. The van der Waals surface area contributed by atoms with Crippen molar-refractivity contribution in [2.75, 3.05) is 18.4 Å². The minimum Gasteiger partial charge on any atom is -0.444 e. The number of hydrogen-bond acceptors (Lipinski definition) is 4. The van der Waals surface area contributed by atoms with Gasteiger partial charge in [-0.3, -0.25) is 4.68 Å². The number of benzene rings is 1. The fourth-order valence-corrected chi connectivity index (χ4v) is 3.41. The Balaban J connectivity index is 1.62. The molecule has 3 rings (SSSR count). The predicted molar refractivity (Wildman–Crippen MR) is 103 cm³/mol. The van der Waals surface area contributed by atoms with E-state index in [2.05, 4.69) is 38.5 Å². The molecule has 0 spiro atoms. The zero-order valence-corrected chi connectivity index (χ0v) is 16.8. The van der Waals surface area contributed by atoms with Crippen molar-refractivity contribution in [3.8, 4) is 0 Å². The van der Waals surface area contributed by atoms with Crippen LogP contribution in [0, 0.1) is 0 Å². The molecule has 2 heterocycles. The first-order valence-corrected chi connectivity index (χ1v) is 9.39. The summed E-state index contributed by atoms with van der Waals surface area (Å²) in [5.41, 5.74) is 0.635. The molecule has 6 nitrogen and oxygen atoms in total. The Morgan fingerprint density at radius 2 is 2.00 bits per heavy atom. The summed E-state index contributed by atoms with van der Waals surface area (Å²) >= 11 is 3.50. The third-order valence-corrected chi connectivity index (χ3v) is 4.79. The van der Waals surface area contributed by atoms with Crippen LogP contribution in [-0.2, 0) is 11.8 Å². The van der Waals surface area contributed by atoms with Crippen molar-refractivity contribution in [3.63, 3.8) is 0 Å². The van der Waals surface area contributed by atoms with Crippen molar-refractivity contribution >= 4 is 38.7 Å². The van der Waals surface area contributed by atoms with Crippen LogP contribution in [0.25, 0.3) is 10.9 Å². The van der Waals surface area contributed by atoms with Gasteiger partial charge in [-0.05, 0) is 51.8 Å². The summed E-state index contributed by atoms with van der Waals surface area (Å²) in [5, 5.41) is 9.26. The van der Waals surface area contributed by atoms with Crippen LogP contribution in [0.2, 0.25) is 0 Å². The second-order valence-corrected chi connectivity index (χ2v) is 8.44. The highest BCUT2D eigenvalue weighted by Gasteiger charge is 2.27. The van der Waals surface area contributed by atoms with E-state index in [4.69, 9.17) is 4.74 Å². The van der Waals surface area contributed by atoms with Crippen LogP contribution in [0.4, 0.5) is 10.6 Å². The second-order valence-electron chi connectivity index (χ2n) is 7.52. The molecule has 0 radical (unpaired) electrons. The first-order chi connectivity index (χ1) is 11.7. The number of rotatable bonds is 2. The Morgan fingerprint density at radius 3 is 2.64 bits per heavy atom. The quantitative estimate of drug-likeness (QED) is 0.810. The number of likely N-dealkylation sites (tertiary alicyclic amines) is 1. The zero-order valence-electron chi connectivity index (χ0n) is 15.2. The average molecular weight is 409 g/mol. The van der Waals surface area contributed by atoms with E-state index in [0.29, 0.717) is 19.1 Å².